The van der Waals surface area contributed by atoms with E-state index < -0.39 is 33.2 Å². The number of hydrogen-bond donors (Lipinski definition) is 3. The van der Waals surface area contributed by atoms with Gasteiger partial charge < -0.3 is 24.6 Å². The smallest absolute Gasteiger partial charge is 0.457 e. The molecule has 0 saturated carbocycles. The van der Waals surface area contributed by atoms with Gasteiger partial charge in [-0.1, -0.05) is 141 Å². The van der Waals surface area contributed by atoms with Crippen molar-refractivity contribution in [3.8, 4) is 0 Å². The minimum absolute atomic E-state index is 0.0451. The highest BCUT2D eigenvalue weighted by atomic mass is 31.2. The number of hydrogen-bond acceptors (Lipinski definition) is 8. The maximum Gasteiger partial charge on any atom is 0.472 e. The second-order valence-corrected chi connectivity index (χ2v) is 14.1. The molecule has 0 saturated heterocycles. The van der Waals surface area contributed by atoms with Gasteiger partial charge >= 0.3 is 13.8 Å². The third-order valence-corrected chi connectivity index (χ3v) is 8.82. The highest BCUT2D eigenvalue weighted by Gasteiger charge is 2.26. The molecule has 0 spiro atoms. The monoisotopic (exact) mass is 690 g/mol. The number of ether oxygens (including phenoxy) is 2. The molecule has 0 aromatic carbocycles. The molecule has 278 valence electrons. The first kappa shape index (κ1) is 45.9. The van der Waals surface area contributed by atoms with Crippen LogP contribution >= 0.6 is 7.82 Å². The van der Waals surface area contributed by atoms with Crippen LogP contribution in [0.25, 0.3) is 0 Å². The van der Waals surface area contributed by atoms with E-state index in [0.717, 1.165) is 57.8 Å². The third kappa shape index (κ3) is 34.6. The van der Waals surface area contributed by atoms with E-state index in [2.05, 4.69) is 38.2 Å². The third-order valence-electron chi connectivity index (χ3n) is 7.87. The van der Waals surface area contributed by atoms with E-state index in [0.29, 0.717) is 6.61 Å². The van der Waals surface area contributed by atoms with Crippen molar-refractivity contribution >= 4 is 13.8 Å². The molecule has 47 heavy (non-hydrogen) atoms. The Bertz CT molecular complexity index is 790. The van der Waals surface area contributed by atoms with Crippen LogP contribution in [0.5, 0.6) is 0 Å². The van der Waals surface area contributed by atoms with E-state index >= 15 is 0 Å². The Kier molecular flexibility index (Phi) is 34.0. The number of carbonyl (C=O) groups is 1. The molecule has 9 nitrogen and oxygen atoms in total. The molecule has 0 aliphatic carbocycles. The molecule has 0 aromatic rings. The van der Waals surface area contributed by atoms with Crippen molar-refractivity contribution in [1.29, 1.82) is 0 Å². The fraction of sp³-hybridized carbons (Fsp3) is 0.865. The Hall–Kier alpha value is -1.06. The largest absolute Gasteiger partial charge is 0.472 e. The lowest BCUT2D eigenvalue weighted by Crippen LogP contribution is -2.29. The van der Waals surface area contributed by atoms with Gasteiger partial charge in [0.15, 0.2) is 0 Å². The summed E-state index contributed by atoms with van der Waals surface area (Å²) in [6.45, 7) is 3.42. The molecule has 3 unspecified atom stereocenters. The van der Waals surface area contributed by atoms with Crippen molar-refractivity contribution < 1.29 is 43.0 Å². The maximum absolute atomic E-state index is 12.5. The lowest BCUT2D eigenvalue weighted by Gasteiger charge is -2.20. The molecule has 0 rings (SSSR count). The predicted octanol–water partition coefficient (Wildman–Crippen LogP) is 9.53. The number of esters is 1. The molecular weight excluding hydrogens is 619 g/mol. The Morgan fingerprint density at radius 3 is 1.79 bits per heavy atom. The van der Waals surface area contributed by atoms with Crippen molar-refractivity contribution in [1.82, 2.24) is 0 Å². The van der Waals surface area contributed by atoms with Crippen molar-refractivity contribution in [2.45, 2.75) is 174 Å². The highest BCUT2D eigenvalue weighted by Crippen LogP contribution is 2.43. The van der Waals surface area contributed by atoms with Gasteiger partial charge in [0, 0.05) is 13.0 Å². The van der Waals surface area contributed by atoms with Gasteiger partial charge in [0.05, 0.1) is 26.4 Å². The molecule has 3 N–H and O–H groups in total. The molecule has 0 fully saturated rings. The normalized spacial score (nSPS) is 14.6. The maximum atomic E-state index is 12.5. The van der Waals surface area contributed by atoms with E-state index in [1.165, 1.54) is 83.5 Å². The zero-order valence-electron chi connectivity index (χ0n) is 30.0. The second kappa shape index (κ2) is 34.8. The molecule has 0 aromatic heterocycles. The standard InChI is InChI=1S/C37H71O9P/c1-3-5-7-9-11-13-15-17-18-20-22-24-26-28-30-43-33-36(34-45-47(41,42)44-32-35(39)31-38)46-37(40)29-27-25-23-21-19-16-14-12-10-8-6-4-2/h7,9,13,15,35-36,38-39H,3-6,8,10-12,14,16-34H2,1-2H3,(H,41,42)/b9-7-,15-13-. The lowest BCUT2D eigenvalue weighted by atomic mass is 10.0. The molecule has 0 aliphatic heterocycles. The van der Waals surface area contributed by atoms with Gasteiger partial charge in [-0.15, -0.1) is 0 Å². The van der Waals surface area contributed by atoms with Crippen LogP contribution in [0.2, 0.25) is 0 Å². The van der Waals surface area contributed by atoms with Crippen LogP contribution in [0.3, 0.4) is 0 Å². The Morgan fingerprint density at radius 1 is 0.660 bits per heavy atom. The van der Waals surface area contributed by atoms with Crippen LogP contribution in [-0.4, -0.2) is 66.3 Å². The first-order valence-electron chi connectivity index (χ1n) is 18.8. The van der Waals surface area contributed by atoms with Gasteiger partial charge in [-0.25, -0.2) is 4.57 Å². The SMILES string of the molecule is CCC/C=C\C/C=C\CCCCCCCCOCC(COP(=O)(O)OCC(O)CO)OC(=O)CCCCCCCCCCCCCC. The quantitative estimate of drug-likeness (QED) is 0.0254. The van der Waals surface area contributed by atoms with Crippen LogP contribution in [0.4, 0.5) is 0 Å². The zero-order valence-corrected chi connectivity index (χ0v) is 30.9. The minimum atomic E-state index is -4.51. The molecule has 3 atom stereocenters. The zero-order chi connectivity index (χ0) is 34.7. The van der Waals surface area contributed by atoms with Crippen LogP contribution in [0.15, 0.2) is 24.3 Å². The van der Waals surface area contributed by atoms with Gasteiger partial charge in [-0.2, -0.15) is 0 Å². The number of allylic oxidation sites excluding steroid dienone is 4. The van der Waals surface area contributed by atoms with Crippen LogP contribution < -0.4 is 0 Å². The number of phosphoric acid groups is 1. The predicted molar refractivity (Wildman–Crippen MR) is 191 cm³/mol. The van der Waals surface area contributed by atoms with E-state index in [-0.39, 0.29) is 25.6 Å². The summed E-state index contributed by atoms with van der Waals surface area (Å²) >= 11 is 0. The molecule has 0 bridgehead atoms. The Balaban J connectivity index is 4.25. The fourth-order valence-corrected chi connectivity index (χ4v) is 5.77. The van der Waals surface area contributed by atoms with Gasteiger partial charge in [0.2, 0.25) is 0 Å². The number of rotatable bonds is 36. The van der Waals surface area contributed by atoms with Gasteiger partial charge in [0.1, 0.15) is 12.2 Å². The molecule has 10 heteroatoms. The van der Waals surface area contributed by atoms with Crippen molar-refractivity contribution in [3.63, 3.8) is 0 Å². The summed E-state index contributed by atoms with van der Waals surface area (Å²) < 4.78 is 33.2. The minimum Gasteiger partial charge on any atom is -0.457 e. The van der Waals surface area contributed by atoms with E-state index in [1.54, 1.807) is 0 Å². The summed E-state index contributed by atoms with van der Waals surface area (Å²) in [5, 5.41) is 18.3. The molecule has 0 radical (unpaired) electrons. The van der Waals surface area contributed by atoms with E-state index in [4.69, 9.17) is 23.6 Å². The highest BCUT2D eigenvalue weighted by molar-refractivity contribution is 7.47. The van der Waals surface area contributed by atoms with Crippen molar-refractivity contribution in [3.05, 3.63) is 24.3 Å². The Labute approximate surface area is 287 Å². The van der Waals surface area contributed by atoms with Crippen LogP contribution in [0, 0.1) is 0 Å². The van der Waals surface area contributed by atoms with Crippen molar-refractivity contribution in [2.75, 3.05) is 33.0 Å². The average Bonchev–Trinajstić information content (AvgIpc) is 3.06. The summed E-state index contributed by atoms with van der Waals surface area (Å²) in [4.78, 5) is 22.4. The molecule has 0 aliphatic rings. The van der Waals surface area contributed by atoms with Gasteiger partial charge in [-0.3, -0.25) is 13.8 Å². The Morgan fingerprint density at radius 2 is 1.19 bits per heavy atom. The van der Waals surface area contributed by atoms with E-state index in [1.807, 2.05) is 0 Å². The van der Waals surface area contributed by atoms with Crippen molar-refractivity contribution in [2.24, 2.45) is 0 Å². The summed E-state index contributed by atoms with van der Waals surface area (Å²) in [6, 6.07) is 0. The van der Waals surface area contributed by atoms with Crippen LogP contribution in [-0.2, 0) is 27.9 Å². The number of carbonyl (C=O) groups excluding carboxylic acids is 1. The molecule has 0 heterocycles. The number of phosphoric ester groups is 1. The molecule has 0 amide bonds. The summed E-state index contributed by atoms with van der Waals surface area (Å²) in [5.74, 6) is -0.388. The number of aliphatic hydroxyl groups is 2. The topological polar surface area (TPSA) is 132 Å². The average molecular weight is 691 g/mol. The fourth-order valence-electron chi connectivity index (χ4n) is 4.98. The summed E-state index contributed by atoms with van der Waals surface area (Å²) in [7, 11) is -4.51. The lowest BCUT2D eigenvalue weighted by molar-refractivity contribution is -0.154. The summed E-state index contributed by atoms with van der Waals surface area (Å²) in [6.07, 6.45) is 32.7. The first-order chi connectivity index (χ1) is 22.8. The summed E-state index contributed by atoms with van der Waals surface area (Å²) in [5.41, 5.74) is 0. The van der Waals surface area contributed by atoms with Crippen LogP contribution in [0.1, 0.15) is 162 Å². The number of aliphatic hydroxyl groups excluding tert-OH is 2. The molecular formula is C37H71O9P. The van der Waals surface area contributed by atoms with Gasteiger partial charge in [-0.05, 0) is 38.5 Å². The van der Waals surface area contributed by atoms with E-state index in [9.17, 15) is 19.4 Å². The second-order valence-electron chi connectivity index (χ2n) is 12.6. The number of unbranched alkanes of at least 4 members (excludes halogenated alkanes) is 18. The first-order valence-corrected chi connectivity index (χ1v) is 20.3. The van der Waals surface area contributed by atoms with Gasteiger partial charge in [0.25, 0.3) is 0 Å².